The van der Waals surface area contributed by atoms with Crippen LogP contribution in [0.25, 0.3) is 0 Å². The highest BCUT2D eigenvalue weighted by atomic mass is 79.9. The summed E-state index contributed by atoms with van der Waals surface area (Å²) in [4.78, 5) is 2.29. The average Bonchev–Trinajstić information content (AvgIpc) is 2.74. The van der Waals surface area contributed by atoms with Gasteiger partial charge in [-0.25, -0.2) is 0 Å². The molecular formula is C16H21BrClN3. The lowest BCUT2D eigenvalue weighted by atomic mass is 10.1. The minimum absolute atomic E-state index is 0.242. The van der Waals surface area contributed by atoms with Crippen LogP contribution in [0.15, 0.2) is 28.7 Å². The van der Waals surface area contributed by atoms with E-state index in [0.717, 1.165) is 33.8 Å². The molecule has 1 aromatic carbocycles. The highest BCUT2D eigenvalue weighted by Crippen LogP contribution is 2.29. The van der Waals surface area contributed by atoms with E-state index in [4.69, 9.17) is 11.6 Å². The normalized spacial score (nSPS) is 12.9. The Morgan fingerprint density at radius 1 is 1.38 bits per heavy atom. The van der Waals surface area contributed by atoms with E-state index in [0.29, 0.717) is 0 Å². The van der Waals surface area contributed by atoms with Crippen molar-refractivity contribution < 1.29 is 0 Å². The SMILES string of the molecule is CCn1nc(C)c(Br)c1CN(C)C(C)c1ccccc1Cl. The van der Waals surface area contributed by atoms with Gasteiger partial charge in [0.2, 0.25) is 0 Å². The Bertz CT molecular complexity index is 624. The summed E-state index contributed by atoms with van der Waals surface area (Å²) >= 11 is 9.96. The second-order valence-electron chi connectivity index (χ2n) is 5.27. The van der Waals surface area contributed by atoms with Gasteiger partial charge in [0.05, 0.1) is 15.9 Å². The molecule has 2 aromatic rings. The summed E-state index contributed by atoms with van der Waals surface area (Å²) in [7, 11) is 2.11. The van der Waals surface area contributed by atoms with Crippen molar-refractivity contribution in [1.29, 1.82) is 0 Å². The number of hydrogen-bond acceptors (Lipinski definition) is 2. The van der Waals surface area contributed by atoms with Crippen molar-refractivity contribution in [2.75, 3.05) is 7.05 Å². The maximum atomic E-state index is 6.31. The minimum Gasteiger partial charge on any atom is -0.294 e. The van der Waals surface area contributed by atoms with Crippen LogP contribution in [0, 0.1) is 6.92 Å². The van der Waals surface area contributed by atoms with E-state index in [9.17, 15) is 0 Å². The summed E-state index contributed by atoms with van der Waals surface area (Å²) in [5.41, 5.74) is 3.39. The molecule has 0 spiro atoms. The maximum Gasteiger partial charge on any atom is 0.0739 e. The van der Waals surface area contributed by atoms with Gasteiger partial charge in [-0.2, -0.15) is 5.10 Å². The first-order chi connectivity index (χ1) is 9.95. The van der Waals surface area contributed by atoms with Crippen molar-refractivity contribution >= 4 is 27.5 Å². The van der Waals surface area contributed by atoms with Crippen molar-refractivity contribution in [3.8, 4) is 0 Å². The Balaban J connectivity index is 2.22. The van der Waals surface area contributed by atoms with Crippen molar-refractivity contribution in [2.45, 2.75) is 39.9 Å². The van der Waals surface area contributed by atoms with Crippen LogP contribution in [0.4, 0.5) is 0 Å². The molecule has 3 nitrogen and oxygen atoms in total. The Morgan fingerprint density at radius 2 is 2.05 bits per heavy atom. The Labute approximate surface area is 140 Å². The molecule has 0 fully saturated rings. The van der Waals surface area contributed by atoms with Crippen molar-refractivity contribution in [2.24, 2.45) is 0 Å². The first kappa shape index (κ1) is 16.5. The molecule has 0 saturated carbocycles. The van der Waals surface area contributed by atoms with Crippen molar-refractivity contribution in [3.63, 3.8) is 0 Å². The van der Waals surface area contributed by atoms with Crippen LogP contribution in [-0.4, -0.2) is 21.7 Å². The van der Waals surface area contributed by atoms with Crippen molar-refractivity contribution in [3.05, 3.63) is 50.7 Å². The lowest BCUT2D eigenvalue weighted by Crippen LogP contribution is -2.24. The molecule has 1 heterocycles. The van der Waals surface area contributed by atoms with Gasteiger partial charge in [-0.15, -0.1) is 0 Å². The summed E-state index contributed by atoms with van der Waals surface area (Å²) in [6.45, 7) is 8.00. The Kier molecular flexibility index (Phi) is 5.47. The van der Waals surface area contributed by atoms with E-state index in [1.54, 1.807) is 0 Å². The van der Waals surface area contributed by atoms with Gasteiger partial charge in [-0.1, -0.05) is 29.8 Å². The minimum atomic E-state index is 0.242. The molecule has 0 saturated heterocycles. The number of benzene rings is 1. The molecule has 1 unspecified atom stereocenters. The first-order valence-corrected chi connectivity index (χ1v) is 8.29. The summed E-state index contributed by atoms with van der Waals surface area (Å²) in [6, 6.07) is 8.26. The largest absolute Gasteiger partial charge is 0.294 e. The van der Waals surface area contributed by atoms with E-state index < -0.39 is 0 Å². The topological polar surface area (TPSA) is 21.1 Å². The van der Waals surface area contributed by atoms with Gasteiger partial charge < -0.3 is 0 Å². The lowest BCUT2D eigenvalue weighted by molar-refractivity contribution is 0.245. The van der Waals surface area contributed by atoms with Crippen LogP contribution >= 0.6 is 27.5 Å². The predicted molar refractivity (Wildman–Crippen MR) is 91.7 cm³/mol. The third-order valence-corrected chi connectivity index (χ3v) is 5.24. The zero-order valence-corrected chi connectivity index (χ0v) is 15.2. The van der Waals surface area contributed by atoms with E-state index in [1.807, 2.05) is 25.1 Å². The molecular weight excluding hydrogens is 350 g/mol. The second-order valence-corrected chi connectivity index (χ2v) is 6.47. The second kappa shape index (κ2) is 6.95. The number of rotatable bonds is 5. The van der Waals surface area contributed by atoms with Crippen LogP contribution in [0.2, 0.25) is 5.02 Å². The number of aromatic nitrogens is 2. The van der Waals surface area contributed by atoms with Gasteiger partial charge in [0.25, 0.3) is 0 Å². The third-order valence-electron chi connectivity index (χ3n) is 3.87. The molecule has 1 aromatic heterocycles. The molecule has 0 aliphatic carbocycles. The fraction of sp³-hybridized carbons (Fsp3) is 0.438. The highest BCUT2D eigenvalue weighted by molar-refractivity contribution is 9.10. The van der Waals surface area contributed by atoms with Gasteiger partial charge in [0.15, 0.2) is 0 Å². The van der Waals surface area contributed by atoms with E-state index in [-0.39, 0.29) is 6.04 Å². The summed E-state index contributed by atoms with van der Waals surface area (Å²) in [6.07, 6.45) is 0. The molecule has 0 aliphatic heterocycles. The van der Waals surface area contributed by atoms with E-state index >= 15 is 0 Å². The summed E-state index contributed by atoms with van der Waals surface area (Å²) < 4.78 is 3.15. The number of halogens is 2. The fourth-order valence-corrected chi connectivity index (χ4v) is 3.15. The van der Waals surface area contributed by atoms with Gasteiger partial charge in [-0.05, 0) is 55.4 Å². The molecule has 0 N–H and O–H groups in total. The van der Waals surface area contributed by atoms with Crippen molar-refractivity contribution in [1.82, 2.24) is 14.7 Å². The third kappa shape index (κ3) is 3.50. The Hall–Kier alpha value is -0.840. The van der Waals surface area contributed by atoms with Gasteiger partial charge in [-0.3, -0.25) is 9.58 Å². The molecule has 0 aliphatic rings. The molecule has 5 heteroatoms. The van der Waals surface area contributed by atoms with E-state index in [1.165, 1.54) is 5.69 Å². The van der Waals surface area contributed by atoms with E-state index in [2.05, 4.69) is 57.6 Å². The molecule has 2 rings (SSSR count). The summed E-state index contributed by atoms with van der Waals surface area (Å²) in [5, 5.41) is 5.36. The molecule has 0 amide bonds. The molecule has 21 heavy (non-hydrogen) atoms. The zero-order valence-electron chi connectivity index (χ0n) is 12.9. The zero-order chi connectivity index (χ0) is 15.6. The molecule has 114 valence electrons. The van der Waals surface area contributed by atoms with Crippen LogP contribution in [0.3, 0.4) is 0 Å². The first-order valence-electron chi connectivity index (χ1n) is 7.12. The van der Waals surface area contributed by atoms with Crippen LogP contribution in [-0.2, 0) is 13.1 Å². The quantitative estimate of drug-likeness (QED) is 0.752. The molecule has 0 bridgehead atoms. The highest BCUT2D eigenvalue weighted by Gasteiger charge is 2.19. The number of aryl methyl sites for hydroxylation is 2. The van der Waals surface area contributed by atoms with Crippen LogP contribution in [0.1, 0.15) is 36.8 Å². The molecule has 1 atom stereocenters. The van der Waals surface area contributed by atoms with Gasteiger partial charge in [0, 0.05) is 24.2 Å². The monoisotopic (exact) mass is 369 g/mol. The maximum absolute atomic E-state index is 6.31. The fourth-order valence-electron chi connectivity index (χ4n) is 2.44. The summed E-state index contributed by atoms with van der Waals surface area (Å²) in [5.74, 6) is 0. The lowest BCUT2D eigenvalue weighted by Gasteiger charge is -2.26. The van der Waals surface area contributed by atoms with Crippen LogP contribution < -0.4 is 0 Å². The number of nitrogens with zero attached hydrogens (tertiary/aromatic N) is 3. The molecule has 0 radical (unpaired) electrons. The predicted octanol–water partition coefficient (Wildman–Crippen LogP) is 4.82. The smallest absolute Gasteiger partial charge is 0.0739 e. The average molecular weight is 371 g/mol. The van der Waals surface area contributed by atoms with Gasteiger partial charge >= 0.3 is 0 Å². The standard InChI is InChI=1S/C16H21BrClN3/c1-5-21-15(16(17)11(2)19-21)10-20(4)12(3)13-8-6-7-9-14(13)18/h6-9,12H,5,10H2,1-4H3. The number of hydrogen-bond donors (Lipinski definition) is 0. The van der Waals surface area contributed by atoms with Gasteiger partial charge in [0.1, 0.15) is 0 Å². The van der Waals surface area contributed by atoms with Crippen LogP contribution in [0.5, 0.6) is 0 Å². The Morgan fingerprint density at radius 3 is 2.67 bits per heavy atom.